The fraction of sp³-hybridized carbons (Fsp3) is 0.350. The van der Waals surface area contributed by atoms with Crippen LogP contribution in [-0.4, -0.2) is 37.2 Å². The van der Waals surface area contributed by atoms with Gasteiger partial charge in [-0.2, -0.15) is 0 Å². The van der Waals surface area contributed by atoms with Gasteiger partial charge in [0.1, 0.15) is 11.6 Å². The summed E-state index contributed by atoms with van der Waals surface area (Å²) in [5.74, 6) is 0.386. The van der Waals surface area contributed by atoms with Crippen molar-refractivity contribution in [3.63, 3.8) is 0 Å². The number of pyridine rings is 1. The van der Waals surface area contributed by atoms with E-state index in [2.05, 4.69) is 31.3 Å². The molecule has 5 rings (SSSR count). The number of aromatic amines is 1. The van der Waals surface area contributed by atoms with Crippen molar-refractivity contribution in [3.05, 3.63) is 47.7 Å². The van der Waals surface area contributed by atoms with Crippen LogP contribution in [0.2, 0.25) is 0 Å². The second-order valence-corrected chi connectivity index (χ2v) is 8.39. The predicted molar refractivity (Wildman–Crippen MR) is 108 cm³/mol. The van der Waals surface area contributed by atoms with E-state index in [9.17, 15) is 9.50 Å². The fourth-order valence-corrected chi connectivity index (χ4v) is 4.74. The first-order valence-electron chi connectivity index (χ1n) is 9.46. The fourth-order valence-electron chi connectivity index (χ4n) is 3.74. The second kappa shape index (κ2) is 7.10. The number of benzene rings is 1. The summed E-state index contributed by atoms with van der Waals surface area (Å²) in [6.07, 6.45) is 5.30. The van der Waals surface area contributed by atoms with Gasteiger partial charge in [0.2, 0.25) is 0 Å². The number of aliphatic hydroxyl groups is 1. The zero-order valence-corrected chi connectivity index (χ0v) is 16.0. The molecule has 0 bridgehead atoms. The van der Waals surface area contributed by atoms with Crippen LogP contribution in [0.3, 0.4) is 0 Å². The van der Waals surface area contributed by atoms with E-state index < -0.39 is 0 Å². The summed E-state index contributed by atoms with van der Waals surface area (Å²) in [5.41, 5.74) is 3.22. The third kappa shape index (κ3) is 3.57. The Kier molecular flexibility index (Phi) is 4.44. The largest absolute Gasteiger partial charge is 0.393 e. The number of fused-ring (bicyclic) bond motifs is 2. The van der Waals surface area contributed by atoms with E-state index in [0.717, 1.165) is 52.4 Å². The zero-order valence-electron chi connectivity index (χ0n) is 15.2. The van der Waals surface area contributed by atoms with Crippen LogP contribution in [0, 0.1) is 5.82 Å². The van der Waals surface area contributed by atoms with Crippen LogP contribution in [0.1, 0.15) is 37.1 Å². The SMILES string of the molecule is OC1CCC(Nc2nc3ccc(Cc4nc5ncc(F)cc5[nH]4)cc3s2)CC1. The maximum absolute atomic E-state index is 13.3. The smallest absolute Gasteiger partial charge is 0.184 e. The molecule has 144 valence electrons. The molecule has 8 heteroatoms. The molecule has 4 aromatic rings. The Morgan fingerprint density at radius 2 is 2.04 bits per heavy atom. The highest BCUT2D eigenvalue weighted by Gasteiger charge is 2.20. The topological polar surface area (TPSA) is 86.7 Å². The lowest BCUT2D eigenvalue weighted by Crippen LogP contribution is -2.28. The Bertz CT molecular complexity index is 1130. The maximum atomic E-state index is 13.3. The number of aliphatic hydroxyl groups excluding tert-OH is 1. The lowest BCUT2D eigenvalue weighted by atomic mass is 9.93. The minimum absolute atomic E-state index is 0.152. The average Bonchev–Trinajstić information content (AvgIpc) is 3.25. The van der Waals surface area contributed by atoms with Gasteiger partial charge in [0, 0.05) is 18.5 Å². The number of rotatable bonds is 4. The summed E-state index contributed by atoms with van der Waals surface area (Å²) in [6.45, 7) is 0. The number of anilines is 1. The van der Waals surface area contributed by atoms with Crippen molar-refractivity contribution in [1.29, 1.82) is 0 Å². The number of hydrogen-bond acceptors (Lipinski definition) is 6. The molecule has 1 aromatic carbocycles. The quantitative estimate of drug-likeness (QED) is 0.484. The van der Waals surface area contributed by atoms with Crippen LogP contribution < -0.4 is 5.32 Å². The van der Waals surface area contributed by atoms with E-state index >= 15 is 0 Å². The highest BCUT2D eigenvalue weighted by molar-refractivity contribution is 7.22. The number of halogens is 1. The van der Waals surface area contributed by atoms with Gasteiger partial charge < -0.3 is 15.4 Å². The zero-order chi connectivity index (χ0) is 19.1. The van der Waals surface area contributed by atoms with Gasteiger partial charge in [0.25, 0.3) is 0 Å². The molecule has 6 nitrogen and oxygen atoms in total. The monoisotopic (exact) mass is 397 g/mol. The molecule has 3 aromatic heterocycles. The molecule has 0 saturated heterocycles. The molecule has 0 amide bonds. The van der Waals surface area contributed by atoms with Gasteiger partial charge >= 0.3 is 0 Å². The molecule has 28 heavy (non-hydrogen) atoms. The van der Waals surface area contributed by atoms with Crippen LogP contribution in [-0.2, 0) is 6.42 Å². The van der Waals surface area contributed by atoms with E-state index in [-0.39, 0.29) is 11.9 Å². The van der Waals surface area contributed by atoms with Crippen LogP contribution in [0.5, 0.6) is 0 Å². The standard InChI is InChI=1S/C20H20FN5OS/c21-12-9-16-19(22-10-12)26-18(24-16)8-11-1-6-15-17(7-11)28-20(25-15)23-13-2-4-14(27)5-3-13/h1,6-7,9-10,13-14,27H,2-5,8H2,(H,23,25)(H,22,24,26). The molecule has 3 N–H and O–H groups in total. The Morgan fingerprint density at radius 3 is 2.89 bits per heavy atom. The Morgan fingerprint density at radius 1 is 1.18 bits per heavy atom. The van der Waals surface area contributed by atoms with Crippen LogP contribution in [0.4, 0.5) is 9.52 Å². The van der Waals surface area contributed by atoms with E-state index in [0.29, 0.717) is 23.6 Å². The van der Waals surface area contributed by atoms with Crippen molar-refractivity contribution < 1.29 is 9.50 Å². The van der Waals surface area contributed by atoms with Gasteiger partial charge in [-0.3, -0.25) is 0 Å². The first kappa shape index (κ1) is 17.5. The Labute approximate surface area is 164 Å². The summed E-state index contributed by atoms with van der Waals surface area (Å²) < 4.78 is 14.4. The number of thiazole rings is 1. The Hall–Kier alpha value is -2.58. The molecule has 3 heterocycles. The highest BCUT2D eigenvalue weighted by atomic mass is 32.1. The third-order valence-electron chi connectivity index (χ3n) is 5.20. The molecule has 1 aliphatic rings. The van der Waals surface area contributed by atoms with Crippen molar-refractivity contribution in [2.75, 3.05) is 5.32 Å². The molecule has 0 aliphatic heterocycles. The highest BCUT2D eigenvalue weighted by Crippen LogP contribution is 2.30. The van der Waals surface area contributed by atoms with Gasteiger partial charge in [0.15, 0.2) is 10.8 Å². The molecule has 0 atom stereocenters. The van der Waals surface area contributed by atoms with Gasteiger partial charge in [-0.05, 0) is 43.4 Å². The number of nitrogens with zero attached hydrogens (tertiary/aromatic N) is 3. The normalized spacial score (nSPS) is 20.1. The number of H-pyrrole nitrogens is 1. The van der Waals surface area contributed by atoms with Crippen molar-refractivity contribution >= 4 is 37.8 Å². The van der Waals surface area contributed by atoms with Crippen molar-refractivity contribution in [1.82, 2.24) is 19.9 Å². The first-order valence-corrected chi connectivity index (χ1v) is 10.3. The number of hydrogen-bond donors (Lipinski definition) is 3. The molecule has 0 unspecified atom stereocenters. The van der Waals surface area contributed by atoms with Crippen molar-refractivity contribution in [2.45, 2.75) is 44.2 Å². The average molecular weight is 397 g/mol. The minimum Gasteiger partial charge on any atom is -0.393 e. The molecular weight excluding hydrogens is 377 g/mol. The number of imidazole rings is 1. The van der Waals surface area contributed by atoms with E-state index in [4.69, 9.17) is 0 Å². The lowest BCUT2D eigenvalue weighted by molar-refractivity contribution is 0.126. The molecule has 1 aliphatic carbocycles. The summed E-state index contributed by atoms with van der Waals surface area (Å²) in [7, 11) is 0. The predicted octanol–water partition coefficient (Wildman–Crippen LogP) is 4.01. The van der Waals surface area contributed by atoms with Gasteiger partial charge in [-0.15, -0.1) is 0 Å². The Balaban J connectivity index is 1.34. The lowest BCUT2D eigenvalue weighted by Gasteiger charge is -2.25. The van der Waals surface area contributed by atoms with E-state index in [1.54, 1.807) is 11.3 Å². The van der Waals surface area contributed by atoms with Crippen LogP contribution in [0.15, 0.2) is 30.5 Å². The minimum atomic E-state index is -0.374. The molecule has 0 radical (unpaired) electrons. The molecule has 1 fully saturated rings. The summed E-state index contributed by atoms with van der Waals surface area (Å²) >= 11 is 1.65. The molecule has 1 saturated carbocycles. The number of nitrogens with one attached hydrogen (secondary N) is 2. The van der Waals surface area contributed by atoms with Gasteiger partial charge in [-0.1, -0.05) is 17.4 Å². The van der Waals surface area contributed by atoms with Crippen LogP contribution in [0.25, 0.3) is 21.4 Å². The van der Waals surface area contributed by atoms with Gasteiger partial charge in [-0.25, -0.2) is 19.3 Å². The van der Waals surface area contributed by atoms with E-state index in [1.807, 2.05) is 12.1 Å². The third-order valence-corrected chi connectivity index (χ3v) is 6.15. The van der Waals surface area contributed by atoms with E-state index in [1.165, 1.54) is 12.3 Å². The summed E-state index contributed by atoms with van der Waals surface area (Å²) in [4.78, 5) is 16.3. The van der Waals surface area contributed by atoms with Crippen molar-refractivity contribution in [3.8, 4) is 0 Å². The van der Waals surface area contributed by atoms with Crippen LogP contribution >= 0.6 is 11.3 Å². The van der Waals surface area contributed by atoms with Gasteiger partial charge in [0.05, 0.1) is 28.0 Å². The second-order valence-electron chi connectivity index (χ2n) is 7.36. The van der Waals surface area contributed by atoms with Crippen molar-refractivity contribution in [2.24, 2.45) is 0 Å². The maximum Gasteiger partial charge on any atom is 0.184 e. The summed E-state index contributed by atoms with van der Waals surface area (Å²) in [5, 5.41) is 14.1. The molecular formula is C20H20FN5OS. The first-order chi connectivity index (χ1) is 13.6. The molecule has 0 spiro atoms. The summed E-state index contributed by atoms with van der Waals surface area (Å²) in [6, 6.07) is 7.99. The number of aromatic nitrogens is 4.